The van der Waals surface area contributed by atoms with Gasteiger partial charge in [0.05, 0.1) is 16.4 Å². The minimum absolute atomic E-state index is 0.423. The van der Waals surface area contributed by atoms with Gasteiger partial charge in [-0.05, 0) is 13.0 Å². The molecule has 5 heteroatoms. The van der Waals surface area contributed by atoms with Crippen LogP contribution in [-0.2, 0) is 6.42 Å². The molecule has 4 nitrogen and oxygen atoms in total. The van der Waals surface area contributed by atoms with E-state index in [1.807, 2.05) is 19.1 Å². The van der Waals surface area contributed by atoms with E-state index in [0.29, 0.717) is 12.0 Å². The third-order valence-electron chi connectivity index (χ3n) is 2.86. The Morgan fingerprint density at radius 2 is 2.17 bits per heavy atom. The highest BCUT2D eigenvalue weighted by Crippen LogP contribution is 2.34. The van der Waals surface area contributed by atoms with E-state index in [1.54, 1.807) is 23.5 Å². The van der Waals surface area contributed by atoms with E-state index in [0.717, 1.165) is 27.0 Å². The molecule has 0 saturated carbocycles. The third kappa shape index (κ3) is 1.73. The summed E-state index contributed by atoms with van der Waals surface area (Å²) in [5.41, 5.74) is 8.58. The number of hydrogen-bond acceptors (Lipinski definition) is 4. The monoisotopic (exact) mass is 257 g/mol. The highest BCUT2D eigenvalue weighted by molar-refractivity contribution is 7.15. The number of primary amides is 1. The Labute approximate surface area is 108 Å². The standard InChI is InChI=1S/C13H11N3OS/c1-7-15-11-6-10(16-13(11)18-7)8-4-2-3-5-9(8)12(14)17/h2-5H,6H2,1H3,(H2,14,17). The molecule has 90 valence electrons. The molecule has 0 spiro atoms. The number of rotatable bonds is 2. The summed E-state index contributed by atoms with van der Waals surface area (Å²) < 4.78 is 0. The SMILES string of the molecule is Cc1nc2c(s1)N=C(c1ccccc1C(N)=O)C2. The summed E-state index contributed by atoms with van der Waals surface area (Å²) in [6.07, 6.45) is 0.671. The summed E-state index contributed by atoms with van der Waals surface area (Å²) in [5, 5.41) is 1.97. The van der Waals surface area contributed by atoms with Crippen molar-refractivity contribution in [2.24, 2.45) is 10.7 Å². The lowest BCUT2D eigenvalue weighted by Gasteiger charge is -2.05. The van der Waals surface area contributed by atoms with Crippen LogP contribution in [0.4, 0.5) is 5.00 Å². The summed E-state index contributed by atoms with van der Waals surface area (Å²) in [5.74, 6) is -0.423. The van der Waals surface area contributed by atoms with Crippen LogP contribution in [0.1, 0.15) is 26.6 Å². The van der Waals surface area contributed by atoms with Crippen LogP contribution < -0.4 is 5.73 Å². The molecule has 1 aliphatic rings. The lowest BCUT2D eigenvalue weighted by atomic mass is 10.0. The van der Waals surface area contributed by atoms with Gasteiger partial charge >= 0.3 is 0 Å². The number of carbonyl (C=O) groups is 1. The highest BCUT2D eigenvalue weighted by atomic mass is 32.1. The number of nitrogens with zero attached hydrogens (tertiary/aromatic N) is 2. The summed E-state index contributed by atoms with van der Waals surface area (Å²) in [6, 6.07) is 7.29. The number of hydrogen-bond donors (Lipinski definition) is 1. The Morgan fingerprint density at radius 1 is 1.39 bits per heavy atom. The van der Waals surface area contributed by atoms with Crippen LogP contribution in [-0.4, -0.2) is 16.6 Å². The van der Waals surface area contributed by atoms with Crippen molar-refractivity contribution in [2.45, 2.75) is 13.3 Å². The van der Waals surface area contributed by atoms with Gasteiger partial charge in [-0.3, -0.25) is 4.79 Å². The number of fused-ring (bicyclic) bond motifs is 1. The average Bonchev–Trinajstić information content (AvgIpc) is 2.85. The van der Waals surface area contributed by atoms with Crippen molar-refractivity contribution in [1.82, 2.24) is 4.98 Å². The van der Waals surface area contributed by atoms with Crippen LogP contribution in [0.5, 0.6) is 0 Å². The second-order valence-electron chi connectivity index (χ2n) is 4.13. The summed E-state index contributed by atoms with van der Waals surface area (Å²) in [7, 11) is 0. The third-order valence-corrected chi connectivity index (χ3v) is 3.77. The van der Waals surface area contributed by atoms with Gasteiger partial charge in [0.25, 0.3) is 0 Å². The molecule has 0 atom stereocenters. The Balaban J connectivity index is 2.06. The van der Waals surface area contributed by atoms with Crippen molar-refractivity contribution in [3.05, 3.63) is 46.1 Å². The van der Waals surface area contributed by atoms with E-state index in [2.05, 4.69) is 9.98 Å². The lowest BCUT2D eigenvalue weighted by Crippen LogP contribution is -2.16. The molecule has 0 fully saturated rings. The van der Waals surface area contributed by atoms with Crippen LogP contribution in [0.25, 0.3) is 0 Å². The molecule has 2 aromatic rings. The first kappa shape index (κ1) is 11.1. The minimum Gasteiger partial charge on any atom is -0.366 e. The number of aryl methyl sites for hydroxylation is 1. The van der Waals surface area contributed by atoms with Crippen LogP contribution in [0, 0.1) is 6.92 Å². The molecule has 1 amide bonds. The van der Waals surface area contributed by atoms with Gasteiger partial charge in [0.1, 0.15) is 5.00 Å². The number of aliphatic imine (C=N–C) groups is 1. The predicted molar refractivity (Wildman–Crippen MR) is 71.7 cm³/mol. The van der Waals surface area contributed by atoms with Gasteiger partial charge in [-0.2, -0.15) is 0 Å². The quantitative estimate of drug-likeness (QED) is 0.896. The second-order valence-corrected chi connectivity index (χ2v) is 5.31. The molecule has 0 radical (unpaired) electrons. The fourth-order valence-corrected chi connectivity index (χ4v) is 2.91. The maximum Gasteiger partial charge on any atom is 0.249 e. The molecule has 0 saturated heterocycles. The van der Waals surface area contributed by atoms with Gasteiger partial charge in [0.2, 0.25) is 5.91 Å². The zero-order chi connectivity index (χ0) is 12.7. The van der Waals surface area contributed by atoms with Crippen molar-refractivity contribution >= 4 is 28.0 Å². The van der Waals surface area contributed by atoms with E-state index in [1.165, 1.54) is 0 Å². The second kappa shape index (κ2) is 4.03. The van der Waals surface area contributed by atoms with Crippen molar-refractivity contribution in [1.29, 1.82) is 0 Å². The van der Waals surface area contributed by atoms with Gasteiger partial charge in [0, 0.05) is 17.5 Å². The van der Waals surface area contributed by atoms with E-state index in [9.17, 15) is 4.79 Å². The predicted octanol–water partition coefficient (Wildman–Crippen LogP) is 2.23. The van der Waals surface area contributed by atoms with E-state index < -0.39 is 5.91 Å². The molecule has 18 heavy (non-hydrogen) atoms. The smallest absolute Gasteiger partial charge is 0.249 e. The van der Waals surface area contributed by atoms with Crippen molar-refractivity contribution < 1.29 is 4.79 Å². The normalized spacial score (nSPS) is 13.3. The Bertz CT molecular complexity index is 673. The minimum atomic E-state index is -0.423. The zero-order valence-corrected chi connectivity index (χ0v) is 10.6. The molecular weight excluding hydrogens is 246 g/mol. The Kier molecular flexibility index (Phi) is 2.48. The van der Waals surface area contributed by atoms with Gasteiger partial charge < -0.3 is 5.73 Å². The number of amides is 1. The molecule has 0 aliphatic carbocycles. The molecule has 1 aromatic heterocycles. The average molecular weight is 257 g/mol. The fourth-order valence-electron chi connectivity index (χ4n) is 2.09. The topological polar surface area (TPSA) is 68.3 Å². The van der Waals surface area contributed by atoms with E-state index >= 15 is 0 Å². The molecule has 0 unspecified atom stereocenters. The first-order valence-electron chi connectivity index (χ1n) is 5.58. The number of aromatic nitrogens is 1. The summed E-state index contributed by atoms with van der Waals surface area (Å²) in [4.78, 5) is 20.4. The maximum absolute atomic E-state index is 11.4. The highest BCUT2D eigenvalue weighted by Gasteiger charge is 2.22. The van der Waals surface area contributed by atoms with Crippen molar-refractivity contribution in [2.75, 3.05) is 0 Å². The lowest BCUT2D eigenvalue weighted by molar-refractivity contribution is 0.1000. The van der Waals surface area contributed by atoms with Crippen LogP contribution in [0.3, 0.4) is 0 Å². The Hall–Kier alpha value is -2.01. The fraction of sp³-hybridized carbons (Fsp3) is 0.154. The maximum atomic E-state index is 11.4. The van der Waals surface area contributed by atoms with Gasteiger partial charge in [-0.1, -0.05) is 29.5 Å². The van der Waals surface area contributed by atoms with Crippen molar-refractivity contribution in [3.63, 3.8) is 0 Å². The number of benzene rings is 1. The molecular formula is C13H11N3OS. The number of thiazole rings is 1. The zero-order valence-electron chi connectivity index (χ0n) is 9.80. The van der Waals surface area contributed by atoms with Gasteiger partial charge in [-0.25, -0.2) is 9.98 Å². The summed E-state index contributed by atoms with van der Waals surface area (Å²) >= 11 is 1.57. The number of nitrogens with two attached hydrogens (primary N) is 1. The number of carbonyl (C=O) groups excluding carboxylic acids is 1. The molecule has 2 heterocycles. The van der Waals surface area contributed by atoms with Crippen LogP contribution in [0.2, 0.25) is 0 Å². The van der Waals surface area contributed by atoms with E-state index in [4.69, 9.17) is 5.73 Å². The summed E-state index contributed by atoms with van der Waals surface area (Å²) in [6.45, 7) is 1.97. The van der Waals surface area contributed by atoms with Gasteiger partial charge in [0.15, 0.2) is 0 Å². The molecule has 2 N–H and O–H groups in total. The first-order chi connectivity index (χ1) is 8.65. The van der Waals surface area contributed by atoms with Gasteiger partial charge in [-0.15, -0.1) is 0 Å². The largest absolute Gasteiger partial charge is 0.366 e. The van der Waals surface area contributed by atoms with Crippen molar-refractivity contribution in [3.8, 4) is 0 Å². The first-order valence-corrected chi connectivity index (χ1v) is 6.40. The van der Waals surface area contributed by atoms with Crippen LogP contribution >= 0.6 is 11.3 Å². The molecule has 1 aromatic carbocycles. The molecule has 1 aliphatic heterocycles. The molecule has 3 rings (SSSR count). The Morgan fingerprint density at radius 3 is 2.89 bits per heavy atom. The van der Waals surface area contributed by atoms with Crippen LogP contribution in [0.15, 0.2) is 29.3 Å². The van der Waals surface area contributed by atoms with E-state index in [-0.39, 0.29) is 0 Å². The molecule has 0 bridgehead atoms.